The number of aryl methyl sites for hydroxylation is 1. The molecule has 1 atom stereocenters. The van der Waals surface area contributed by atoms with Gasteiger partial charge in [0, 0.05) is 43.5 Å². The van der Waals surface area contributed by atoms with Crippen LogP contribution in [-0.4, -0.2) is 43.7 Å². The van der Waals surface area contributed by atoms with Crippen molar-refractivity contribution in [3.63, 3.8) is 0 Å². The minimum absolute atomic E-state index is 0.0234. The Kier molecular flexibility index (Phi) is 5.07. The Morgan fingerprint density at radius 2 is 1.80 bits per heavy atom. The molecule has 0 bridgehead atoms. The summed E-state index contributed by atoms with van der Waals surface area (Å²) in [6.07, 6.45) is 7.07. The second kappa shape index (κ2) is 7.88. The topological polar surface area (TPSA) is 40.9 Å². The highest BCUT2D eigenvalue weighted by Gasteiger charge is 2.45. The van der Waals surface area contributed by atoms with Crippen LogP contribution < -0.4 is 0 Å². The summed E-state index contributed by atoms with van der Waals surface area (Å²) in [5, 5.41) is 0. The number of likely N-dealkylation sites (tertiary alicyclic amines) is 2. The molecule has 2 saturated heterocycles. The van der Waals surface area contributed by atoms with E-state index in [1.165, 1.54) is 17.0 Å². The molecule has 30 heavy (non-hydrogen) atoms. The number of hydrogen-bond acceptors (Lipinski definition) is 3. The lowest BCUT2D eigenvalue weighted by Gasteiger charge is -2.38. The molecule has 1 spiro atoms. The molecular weight excluding hydrogens is 372 g/mol. The van der Waals surface area contributed by atoms with E-state index in [0.717, 1.165) is 57.5 Å². The number of benzene rings is 1. The van der Waals surface area contributed by atoms with Crippen molar-refractivity contribution in [2.45, 2.75) is 57.7 Å². The molecule has 2 aliphatic heterocycles. The summed E-state index contributed by atoms with van der Waals surface area (Å²) in [7, 11) is 0. The molecule has 0 radical (unpaired) electrons. The van der Waals surface area contributed by atoms with Crippen molar-refractivity contribution >= 4 is 11.6 Å². The van der Waals surface area contributed by atoms with Gasteiger partial charge in [-0.05, 0) is 56.8 Å². The van der Waals surface area contributed by atoms with E-state index in [2.05, 4.69) is 63.7 Å². The molecule has 4 heterocycles. The van der Waals surface area contributed by atoms with Gasteiger partial charge in [0.25, 0.3) is 0 Å². The monoisotopic (exact) mass is 402 g/mol. The maximum atomic E-state index is 12.8. The number of rotatable bonds is 4. The number of carbonyl (C=O) groups is 1. The first-order valence-corrected chi connectivity index (χ1v) is 11.1. The van der Waals surface area contributed by atoms with E-state index in [1.54, 1.807) is 0 Å². The van der Waals surface area contributed by atoms with E-state index in [1.807, 2.05) is 12.1 Å². The van der Waals surface area contributed by atoms with Gasteiger partial charge >= 0.3 is 0 Å². The van der Waals surface area contributed by atoms with Crippen molar-refractivity contribution < 1.29 is 4.79 Å². The van der Waals surface area contributed by atoms with Gasteiger partial charge in [-0.3, -0.25) is 9.69 Å². The minimum Gasteiger partial charge on any atom is -0.333 e. The summed E-state index contributed by atoms with van der Waals surface area (Å²) in [5.74, 6) is 0.323. The van der Waals surface area contributed by atoms with Crippen LogP contribution in [0.3, 0.4) is 0 Å². The van der Waals surface area contributed by atoms with E-state index in [-0.39, 0.29) is 5.54 Å². The van der Waals surface area contributed by atoms with E-state index in [4.69, 9.17) is 4.98 Å². The highest BCUT2D eigenvalue weighted by atomic mass is 16.2. The summed E-state index contributed by atoms with van der Waals surface area (Å²) in [4.78, 5) is 22.4. The van der Waals surface area contributed by atoms with Crippen LogP contribution in [-0.2, 0) is 17.9 Å². The standard InChI is InChI=1S/C25H30N4O/c1-20-22(26-23-10-5-6-16-28(20)23)19-27-15-7-12-25(14-17-27)13-11-24(30)29(25)18-21-8-3-2-4-9-21/h2-6,8-10,16H,7,11-15,17-19H2,1H3. The number of imidazole rings is 1. The zero-order valence-corrected chi connectivity index (χ0v) is 17.8. The number of aromatic nitrogens is 2. The summed E-state index contributed by atoms with van der Waals surface area (Å²) in [6, 6.07) is 16.6. The van der Waals surface area contributed by atoms with Gasteiger partial charge in [-0.25, -0.2) is 4.98 Å². The molecule has 2 fully saturated rings. The Bertz CT molecular complexity index is 1040. The maximum absolute atomic E-state index is 12.8. The van der Waals surface area contributed by atoms with Crippen LogP contribution in [0.4, 0.5) is 0 Å². The number of fused-ring (bicyclic) bond motifs is 1. The molecule has 156 valence electrons. The molecule has 1 amide bonds. The van der Waals surface area contributed by atoms with E-state index >= 15 is 0 Å². The van der Waals surface area contributed by atoms with Gasteiger partial charge in [-0.1, -0.05) is 36.4 Å². The number of hydrogen-bond donors (Lipinski definition) is 0. The fourth-order valence-corrected chi connectivity index (χ4v) is 5.34. The number of amides is 1. The average Bonchev–Trinajstić information content (AvgIpc) is 3.15. The Labute approximate surface area is 178 Å². The lowest BCUT2D eigenvalue weighted by molar-refractivity contribution is -0.132. The van der Waals surface area contributed by atoms with E-state index in [0.29, 0.717) is 12.3 Å². The van der Waals surface area contributed by atoms with Gasteiger partial charge in [0.2, 0.25) is 5.91 Å². The normalized spacial score (nSPS) is 22.8. The molecule has 1 unspecified atom stereocenters. The predicted molar refractivity (Wildman–Crippen MR) is 118 cm³/mol. The molecule has 1 aromatic carbocycles. The van der Waals surface area contributed by atoms with Gasteiger partial charge in [-0.15, -0.1) is 0 Å². The first-order valence-electron chi connectivity index (χ1n) is 11.1. The Balaban J connectivity index is 1.31. The summed E-state index contributed by atoms with van der Waals surface area (Å²) < 4.78 is 2.17. The molecule has 5 heteroatoms. The summed E-state index contributed by atoms with van der Waals surface area (Å²) in [5.41, 5.74) is 4.67. The van der Waals surface area contributed by atoms with Crippen LogP contribution in [0.5, 0.6) is 0 Å². The second-order valence-electron chi connectivity index (χ2n) is 8.89. The van der Waals surface area contributed by atoms with Crippen molar-refractivity contribution in [3.05, 3.63) is 71.7 Å². The lowest BCUT2D eigenvalue weighted by Crippen LogP contribution is -2.45. The van der Waals surface area contributed by atoms with Crippen LogP contribution in [0.1, 0.15) is 49.1 Å². The molecule has 2 aliphatic rings. The first-order chi connectivity index (χ1) is 14.6. The van der Waals surface area contributed by atoms with Crippen LogP contribution in [0, 0.1) is 6.92 Å². The molecule has 0 N–H and O–H groups in total. The fourth-order valence-electron chi connectivity index (χ4n) is 5.34. The predicted octanol–water partition coefficient (Wildman–Crippen LogP) is 4.19. The third-order valence-electron chi connectivity index (χ3n) is 7.11. The quantitative estimate of drug-likeness (QED) is 0.657. The van der Waals surface area contributed by atoms with Gasteiger partial charge in [0.1, 0.15) is 5.65 Å². The molecule has 5 nitrogen and oxygen atoms in total. The van der Waals surface area contributed by atoms with Gasteiger partial charge in [0.05, 0.1) is 5.69 Å². The molecule has 5 rings (SSSR count). The number of pyridine rings is 1. The van der Waals surface area contributed by atoms with Crippen molar-refractivity contribution in [1.82, 2.24) is 19.2 Å². The van der Waals surface area contributed by atoms with Crippen LogP contribution >= 0.6 is 0 Å². The smallest absolute Gasteiger partial charge is 0.223 e. The van der Waals surface area contributed by atoms with Crippen LogP contribution in [0.2, 0.25) is 0 Å². The van der Waals surface area contributed by atoms with E-state index in [9.17, 15) is 4.79 Å². The third kappa shape index (κ3) is 3.52. The van der Waals surface area contributed by atoms with Gasteiger partial charge in [-0.2, -0.15) is 0 Å². The second-order valence-corrected chi connectivity index (χ2v) is 8.89. The summed E-state index contributed by atoms with van der Waals surface area (Å²) >= 11 is 0. The van der Waals surface area contributed by atoms with Crippen molar-refractivity contribution in [3.8, 4) is 0 Å². The molecule has 2 aromatic heterocycles. The SMILES string of the molecule is Cc1c(CN2CCCC3(CCC(=O)N3Cc3ccccc3)CC2)nc2ccccn12. The Morgan fingerprint density at radius 1 is 0.967 bits per heavy atom. The van der Waals surface area contributed by atoms with Gasteiger partial charge < -0.3 is 9.30 Å². The lowest BCUT2D eigenvalue weighted by atomic mass is 9.87. The van der Waals surface area contributed by atoms with Gasteiger partial charge in [0.15, 0.2) is 0 Å². The van der Waals surface area contributed by atoms with Crippen LogP contribution in [0.25, 0.3) is 5.65 Å². The number of carbonyl (C=O) groups excluding carboxylic acids is 1. The van der Waals surface area contributed by atoms with Crippen molar-refractivity contribution in [2.24, 2.45) is 0 Å². The van der Waals surface area contributed by atoms with Crippen molar-refractivity contribution in [1.29, 1.82) is 0 Å². The molecule has 3 aromatic rings. The Hall–Kier alpha value is -2.66. The zero-order valence-electron chi connectivity index (χ0n) is 17.8. The molecule has 0 saturated carbocycles. The summed E-state index contributed by atoms with van der Waals surface area (Å²) in [6.45, 7) is 5.88. The third-order valence-corrected chi connectivity index (χ3v) is 7.11. The van der Waals surface area contributed by atoms with E-state index < -0.39 is 0 Å². The maximum Gasteiger partial charge on any atom is 0.223 e. The zero-order chi connectivity index (χ0) is 20.6. The highest BCUT2D eigenvalue weighted by molar-refractivity contribution is 5.79. The molecular formula is C25H30N4O. The average molecular weight is 403 g/mol. The molecule has 0 aliphatic carbocycles. The Morgan fingerprint density at radius 3 is 2.63 bits per heavy atom. The first kappa shape index (κ1) is 19.3. The largest absolute Gasteiger partial charge is 0.333 e. The minimum atomic E-state index is 0.0234. The fraction of sp³-hybridized carbons (Fsp3) is 0.440. The number of nitrogens with zero attached hydrogens (tertiary/aromatic N) is 4. The van der Waals surface area contributed by atoms with Crippen molar-refractivity contribution in [2.75, 3.05) is 13.1 Å². The highest BCUT2D eigenvalue weighted by Crippen LogP contribution is 2.40. The van der Waals surface area contributed by atoms with Crippen LogP contribution in [0.15, 0.2) is 54.7 Å².